The molecule has 4 heteroatoms. The molecule has 3 nitrogen and oxygen atoms in total. The van der Waals surface area contributed by atoms with E-state index in [0.29, 0.717) is 28.9 Å². The van der Waals surface area contributed by atoms with E-state index in [4.69, 9.17) is 25.8 Å². The lowest BCUT2D eigenvalue weighted by Gasteiger charge is -2.15. The molecule has 0 radical (unpaired) electrons. The largest absolute Gasteiger partial charge is 0.496 e. The summed E-state index contributed by atoms with van der Waals surface area (Å²) in [7, 11) is 3.25. The normalized spacial score (nSPS) is 10.6. The number of hydrogen-bond acceptors (Lipinski definition) is 3. The Morgan fingerprint density at radius 2 is 1.35 bits per heavy atom. The maximum Gasteiger partial charge on any atom is 0.131 e. The molecule has 0 aromatic heterocycles. The van der Waals surface area contributed by atoms with Gasteiger partial charge < -0.3 is 14.2 Å². The summed E-state index contributed by atoms with van der Waals surface area (Å²) in [5, 5.41) is 2.21. The van der Waals surface area contributed by atoms with Crippen LogP contribution in [0.1, 0.15) is 5.56 Å². The van der Waals surface area contributed by atoms with Crippen molar-refractivity contribution in [2.75, 3.05) is 14.2 Å². The van der Waals surface area contributed by atoms with Crippen molar-refractivity contribution in [2.24, 2.45) is 0 Å². The van der Waals surface area contributed by atoms with E-state index >= 15 is 0 Å². The molecule has 3 rings (SSSR count). The smallest absolute Gasteiger partial charge is 0.131 e. The first kappa shape index (κ1) is 15.5. The van der Waals surface area contributed by atoms with Crippen LogP contribution >= 0.6 is 11.6 Å². The molecule has 0 spiro atoms. The third kappa shape index (κ3) is 3.06. The summed E-state index contributed by atoms with van der Waals surface area (Å²) in [5.41, 5.74) is 1.09. The van der Waals surface area contributed by atoms with Crippen molar-refractivity contribution in [1.82, 2.24) is 0 Å². The summed E-state index contributed by atoms with van der Waals surface area (Å²) in [6, 6.07) is 17.4. The predicted molar refractivity (Wildman–Crippen MR) is 92.8 cm³/mol. The molecule has 0 aliphatic carbocycles. The maximum absolute atomic E-state index is 6.37. The molecule has 3 aromatic carbocycles. The third-order valence-corrected chi connectivity index (χ3v) is 3.99. The second kappa shape index (κ2) is 6.80. The minimum atomic E-state index is 0.470. The van der Waals surface area contributed by atoms with Crippen LogP contribution in [0.2, 0.25) is 5.02 Å². The quantitative estimate of drug-likeness (QED) is 0.653. The molecule has 0 saturated carbocycles. The maximum atomic E-state index is 6.37. The van der Waals surface area contributed by atoms with Gasteiger partial charge in [0.2, 0.25) is 0 Å². The number of hydrogen-bond donors (Lipinski definition) is 0. The Hall–Kier alpha value is -2.39. The number of rotatable bonds is 5. The van der Waals surface area contributed by atoms with E-state index in [1.165, 1.54) is 0 Å². The van der Waals surface area contributed by atoms with Gasteiger partial charge in [-0.15, -0.1) is 0 Å². The van der Waals surface area contributed by atoms with Crippen LogP contribution in [0.3, 0.4) is 0 Å². The monoisotopic (exact) mass is 328 g/mol. The molecule has 3 aromatic rings. The zero-order valence-corrected chi connectivity index (χ0v) is 13.8. The van der Waals surface area contributed by atoms with Crippen molar-refractivity contribution in [1.29, 1.82) is 0 Å². The minimum Gasteiger partial charge on any atom is -0.496 e. The van der Waals surface area contributed by atoms with Gasteiger partial charge in [-0.05, 0) is 29.8 Å². The van der Waals surface area contributed by atoms with Crippen LogP contribution in [0.15, 0.2) is 54.6 Å². The standard InChI is InChI=1S/C19H17ClO3/c1-21-15-10-11-16(22-2)19-17(9-8-14(20)18(15)19)23-12-13-6-4-3-5-7-13/h3-11H,12H2,1-2H3. The molecule has 0 N–H and O–H groups in total. The first-order valence-electron chi connectivity index (χ1n) is 7.24. The van der Waals surface area contributed by atoms with E-state index in [1.807, 2.05) is 54.6 Å². The Morgan fingerprint density at radius 1 is 0.739 bits per heavy atom. The Balaban J connectivity index is 2.08. The highest BCUT2D eigenvalue weighted by molar-refractivity contribution is 6.36. The summed E-state index contributed by atoms with van der Waals surface area (Å²) in [5.74, 6) is 2.10. The molecule has 0 amide bonds. The second-order valence-electron chi connectivity index (χ2n) is 5.04. The number of benzene rings is 3. The van der Waals surface area contributed by atoms with Crippen molar-refractivity contribution >= 4 is 22.4 Å². The van der Waals surface area contributed by atoms with Crippen LogP contribution in [0, 0.1) is 0 Å². The van der Waals surface area contributed by atoms with Crippen LogP contribution in [-0.4, -0.2) is 14.2 Å². The van der Waals surface area contributed by atoms with E-state index < -0.39 is 0 Å². The predicted octanol–water partition coefficient (Wildman–Crippen LogP) is 5.09. The topological polar surface area (TPSA) is 27.7 Å². The summed E-state index contributed by atoms with van der Waals surface area (Å²) in [6.07, 6.45) is 0. The fourth-order valence-corrected chi connectivity index (χ4v) is 2.81. The lowest BCUT2D eigenvalue weighted by atomic mass is 10.1. The lowest BCUT2D eigenvalue weighted by molar-refractivity contribution is 0.308. The van der Waals surface area contributed by atoms with Crippen molar-refractivity contribution in [3.8, 4) is 17.2 Å². The van der Waals surface area contributed by atoms with E-state index in [0.717, 1.165) is 16.3 Å². The summed E-state index contributed by atoms with van der Waals surface area (Å²) < 4.78 is 16.9. The van der Waals surface area contributed by atoms with Gasteiger partial charge in [-0.1, -0.05) is 41.9 Å². The Kier molecular flexibility index (Phi) is 4.58. The lowest BCUT2D eigenvalue weighted by Crippen LogP contribution is -1.98. The molecule has 0 bridgehead atoms. The van der Waals surface area contributed by atoms with E-state index in [1.54, 1.807) is 14.2 Å². The molecule has 0 atom stereocenters. The molecular formula is C19H17ClO3. The molecular weight excluding hydrogens is 312 g/mol. The highest BCUT2D eigenvalue weighted by Gasteiger charge is 2.15. The highest BCUT2D eigenvalue weighted by atomic mass is 35.5. The SMILES string of the molecule is COc1ccc(OC)c2c(OCc3ccccc3)ccc(Cl)c12. The molecule has 0 aliphatic heterocycles. The number of ether oxygens (including phenoxy) is 3. The minimum absolute atomic E-state index is 0.470. The number of methoxy groups -OCH3 is 2. The van der Waals surface area contributed by atoms with Gasteiger partial charge in [0.05, 0.1) is 24.6 Å². The van der Waals surface area contributed by atoms with E-state index in [9.17, 15) is 0 Å². The Labute approximate surface area is 140 Å². The second-order valence-corrected chi connectivity index (χ2v) is 5.45. The molecule has 118 valence electrons. The fourth-order valence-electron chi connectivity index (χ4n) is 2.56. The van der Waals surface area contributed by atoms with Gasteiger partial charge in [-0.2, -0.15) is 0 Å². The van der Waals surface area contributed by atoms with Crippen LogP contribution in [0.25, 0.3) is 10.8 Å². The van der Waals surface area contributed by atoms with E-state index in [2.05, 4.69) is 0 Å². The van der Waals surface area contributed by atoms with Gasteiger partial charge in [0.1, 0.15) is 23.9 Å². The number of fused-ring (bicyclic) bond motifs is 1. The summed E-state index contributed by atoms with van der Waals surface area (Å²) in [4.78, 5) is 0. The first-order chi connectivity index (χ1) is 11.2. The average molecular weight is 329 g/mol. The molecule has 0 aliphatic rings. The van der Waals surface area contributed by atoms with Gasteiger partial charge >= 0.3 is 0 Å². The summed E-state index contributed by atoms with van der Waals surface area (Å²) in [6.45, 7) is 0.470. The first-order valence-corrected chi connectivity index (χ1v) is 7.62. The molecule has 0 unspecified atom stereocenters. The van der Waals surface area contributed by atoms with Crippen LogP contribution in [0.4, 0.5) is 0 Å². The molecule has 23 heavy (non-hydrogen) atoms. The Morgan fingerprint density at radius 3 is 2.00 bits per heavy atom. The van der Waals surface area contributed by atoms with Gasteiger partial charge in [0, 0.05) is 5.39 Å². The van der Waals surface area contributed by atoms with Gasteiger partial charge in [0.25, 0.3) is 0 Å². The average Bonchev–Trinajstić information content (AvgIpc) is 2.61. The van der Waals surface area contributed by atoms with Crippen molar-refractivity contribution in [3.63, 3.8) is 0 Å². The zero-order valence-electron chi connectivity index (χ0n) is 13.0. The molecule has 0 saturated heterocycles. The van der Waals surface area contributed by atoms with Gasteiger partial charge in [0.15, 0.2) is 0 Å². The molecule has 0 heterocycles. The van der Waals surface area contributed by atoms with Crippen molar-refractivity contribution in [3.05, 3.63) is 65.2 Å². The highest BCUT2D eigenvalue weighted by Crippen LogP contribution is 2.43. The van der Waals surface area contributed by atoms with Gasteiger partial charge in [-0.3, -0.25) is 0 Å². The molecule has 0 fully saturated rings. The zero-order chi connectivity index (χ0) is 16.2. The Bertz CT molecular complexity index is 816. The van der Waals surface area contributed by atoms with Gasteiger partial charge in [-0.25, -0.2) is 0 Å². The van der Waals surface area contributed by atoms with Crippen LogP contribution in [-0.2, 0) is 6.61 Å². The number of halogens is 1. The fraction of sp³-hybridized carbons (Fsp3) is 0.158. The van der Waals surface area contributed by atoms with Crippen LogP contribution < -0.4 is 14.2 Å². The van der Waals surface area contributed by atoms with E-state index in [-0.39, 0.29) is 0 Å². The van der Waals surface area contributed by atoms with Crippen molar-refractivity contribution < 1.29 is 14.2 Å². The summed E-state index contributed by atoms with van der Waals surface area (Å²) >= 11 is 6.37. The van der Waals surface area contributed by atoms with Crippen molar-refractivity contribution in [2.45, 2.75) is 6.61 Å². The van der Waals surface area contributed by atoms with Crippen LogP contribution in [0.5, 0.6) is 17.2 Å². The third-order valence-electron chi connectivity index (χ3n) is 3.67.